The molecule has 0 amide bonds. The molecule has 0 spiro atoms. The van der Waals surface area contributed by atoms with Gasteiger partial charge >= 0.3 is 0 Å². The summed E-state index contributed by atoms with van der Waals surface area (Å²) in [4.78, 5) is 13.6. The highest BCUT2D eigenvalue weighted by molar-refractivity contribution is 5.95. The van der Waals surface area contributed by atoms with Crippen molar-refractivity contribution in [2.45, 2.75) is 13.8 Å². The van der Waals surface area contributed by atoms with E-state index in [4.69, 9.17) is 4.74 Å². The summed E-state index contributed by atoms with van der Waals surface area (Å²) in [6, 6.07) is 0. The van der Waals surface area contributed by atoms with Crippen LogP contribution in [0.5, 0.6) is 0 Å². The highest BCUT2D eigenvalue weighted by Gasteiger charge is 2.19. The first-order valence-corrected chi connectivity index (χ1v) is 4.68. The van der Waals surface area contributed by atoms with Crippen molar-refractivity contribution < 1.29 is 9.53 Å². The fraction of sp³-hybridized carbons (Fsp3) is 0.700. The van der Waals surface area contributed by atoms with Crippen LogP contribution in [0.3, 0.4) is 0 Å². The largest absolute Gasteiger partial charge is 0.378 e. The molecule has 0 N–H and O–H groups in total. The Morgan fingerprint density at radius 3 is 2.38 bits per heavy atom. The van der Waals surface area contributed by atoms with Crippen LogP contribution in [-0.2, 0) is 9.53 Å². The van der Waals surface area contributed by atoms with Crippen molar-refractivity contribution in [1.82, 2.24) is 4.90 Å². The number of ether oxygens (including phenoxy) is 1. The Bertz CT molecular complexity index is 205. The molecule has 0 radical (unpaired) electrons. The van der Waals surface area contributed by atoms with E-state index >= 15 is 0 Å². The van der Waals surface area contributed by atoms with Gasteiger partial charge in [0.1, 0.15) is 0 Å². The van der Waals surface area contributed by atoms with Gasteiger partial charge in [0.05, 0.1) is 18.9 Å². The molecular formula is C10H17NO2. The van der Waals surface area contributed by atoms with E-state index in [0.29, 0.717) is 18.9 Å². The van der Waals surface area contributed by atoms with E-state index in [1.165, 1.54) is 0 Å². The number of allylic oxidation sites excluding steroid dienone is 1. The first kappa shape index (κ1) is 10.3. The summed E-state index contributed by atoms with van der Waals surface area (Å²) in [6.07, 6.45) is 0. The number of hydrogen-bond acceptors (Lipinski definition) is 3. The van der Waals surface area contributed by atoms with E-state index in [2.05, 4.69) is 6.58 Å². The molecule has 13 heavy (non-hydrogen) atoms. The van der Waals surface area contributed by atoms with Crippen LogP contribution in [0.1, 0.15) is 13.8 Å². The standard InChI is InChI=1S/C10H17NO2/c1-8(2)10(12)9(3)11-4-6-13-7-5-11/h8H,3-7H2,1-2H3. The fourth-order valence-electron chi connectivity index (χ4n) is 1.32. The number of hydrogen-bond donors (Lipinski definition) is 0. The Labute approximate surface area is 79.4 Å². The summed E-state index contributed by atoms with van der Waals surface area (Å²) >= 11 is 0. The first-order valence-electron chi connectivity index (χ1n) is 4.68. The second-order valence-electron chi connectivity index (χ2n) is 3.57. The van der Waals surface area contributed by atoms with Crippen LogP contribution >= 0.6 is 0 Å². The van der Waals surface area contributed by atoms with E-state index < -0.39 is 0 Å². The molecule has 1 fully saturated rings. The Kier molecular flexibility index (Phi) is 3.48. The third-order valence-corrected chi connectivity index (χ3v) is 2.20. The lowest BCUT2D eigenvalue weighted by atomic mass is 10.1. The molecule has 1 aliphatic rings. The second-order valence-corrected chi connectivity index (χ2v) is 3.57. The number of Topliss-reactive ketones (excluding diaryl/α,β-unsaturated/α-hetero) is 1. The molecule has 1 aliphatic heterocycles. The van der Waals surface area contributed by atoms with Gasteiger partial charge in [-0.1, -0.05) is 20.4 Å². The van der Waals surface area contributed by atoms with Gasteiger partial charge in [-0.05, 0) is 0 Å². The summed E-state index contributed by atoms with van der Waals surface area (Å²) in [5, 5.41) is 0. The summed E-state index contributed by atoms with van der Waals surface area (Å²) in [7, 11) is 0. The van der Waals surface area contributed by atoms with E-state index in [1.54, 1.807) is 0 Å². The number of morpholine rings is 1. The molecule has 3 heteroatoms. The van der Waals surface area contributed by atoms with E-state index in [9.17, 15) is 4.79 Å². The predicted molar refractivity (Wildman–Crippen MR) is 51.4 cm³/mol. The van der Waals surface area contributed by atoms with Crippen molar-refractivity contribution >= 4 is 5.78 Å². The quantitative estimate of drug-likeness (QED) is 0.613. The number of ketones is 1. The molecule has 0 aliphatic carbocycles. The smallest absolute Gasteiger partial charge is 0.180 e. The lowest BCUT2D eigenvalue weighted by Crippen LogP contribution is -2.38. The van der Waals surface area contributed by atoms with Gasteiger partial charge in [-0.15, -0.1) is 0 Å². The Balaban J connectivity index is 2.50. The van der Waals surface area contributed by atoms with Gasteiger partial charge in [0.15, 0.2) is 5.78 Å². The first-order chi connectivity index (χ1) is 6.13. The van der Waals surface area contributed by atoms with Gasteiger partial charge in [-0.25, -0.2) is 0 Å². The minimum Gasteiger partial charge on any atom is -0.378 e. The van der Waals surface area contributed by atoms with Crippen LogP contribution in [0.25, 0.3) is 0 Å². The van der Waals surface area contributed by atoms with Gasteiger partial charge in [0.25, 0.3) is 0 Å². The number of carbonyl (C=O) groups is 1. The minimum atomic E-state index is 0.0374. The fourth-order valence-corrected chi connectivity index (χ4v) is 1.32. The molecule has 0 aromatic rings. The maximum atomic E-state index is 11.6. The van der Waals surface area contributed by atoms with E-state index in [0.717, 1.165) is 13.1 Å². The molecule has 0 unspecified atom stereocenters. The topological polar surface area (TPSA) is 29.5 Å². The molecule has 1 saturated heterocycles. The molecule has 1 rings (SSSR count). The van der Waals surface area contributed by atoms with Crippen LogP contribution < -0.4 is 0 Å². The average Bonchev–Trinajstić information content (AvgIpc) is 2.17. The molecule has 3 nitrogen and oxygen atoms in total. The van der Waals surface area contributed by atoms with Gasteiger partial charge in [0, 0.05) is 19.0 Å². The monoisotopic (exact) mass is 183 g/mol. The molecule has 1 heterocycles. The lowest BCUT2D eigenvalue weighted by molar-refractivity contribution is -0.120. The zero-order chi connectivity index (χ0) is 9.84. The van der Waals surface area contributed by atoms with Gasteiger partial charge in [-0.2, -0.15) is 0 Å². The van der Waals surface area contributed by atoms with Crippen molar-refractivity contribution in [2.24, 2.45) is 5.92 Å². The molecule has 0 aromatic heterocycles. The predicted octanol–water partition coefficient (Wildman–Crippen LogP) is 1.06. The molecule has 0 bridgehead atoms. The van der Waals surface area contributed by atoms with Crippen LogP contribution in [0.4, 0.5) is 0 Å². The summed E-state index contributed by atoms with van der Waals surface area (Å²) < 4.78 is 5.20. The zero-order valence-corrected chi connectivity index (χ0v) is 8.38. The van der Waals surface area contributed by atoms with E-state index in [1.807, 2.05) is 18.7 Å². The Morgan fingerprint density at radius 2 is 1.92 bits per heavy atom. The third kappa shape index (κ3) is 2.56. The van der Waals surface area contributed by atoms with Gasteiger partial charge in [-0.3, -0.25) is 4.79 Å². The van der Waals surface area contributed by atoms with Crippen LogP contribution in [0.2, 0.25) is 0 Å². The average molecular weight is 183 g/mol. The highest BCUT2D eigenvalue weighted by atomic mass is 16.5. The third-order valence-electron chi connectivity index (χ3n) is 2.20. The zero-order valence-electron chi connectivity index (χ0n) is 8.38. The van der Waals surface area contributed by atoms with Crippen molar-refractivity contribution in [3.63, 3.8) is 0 Å². The number of rotatable bonds is 3. The number of nitrogens with zero attached hydrogens (tertiary/aromatic N) is 1. The molecule has 0 saturated carbocycles. The SMILES string of the molecule is C=C(C(=O)C(C)C)N1CCOCC1. The lowest BCUT2D eigenvalue weighted by Gasteiger charge is -2.30. The normalized spacial score (nSPS) is 17.6. The van der Waals surface area contributed by atoms with Crippen molar-refractivity contribution in [3.05, 3.63) is 12.3 Å². The van der Waals surface area contributed by atoms with Crippen LogP contribution in [0.15, 0.2) is 12.3 Å². The maximum Gasteiger partial charge on any atom is 0.180 e. The molecular weight excluding hydrogens is 166 g/mol. The Hall–Kier alpha value is -0.830. The maximum absolute atomic E-state index is 11.6. The second kappa shape index (κ2) is 4.42. The summed E-state index contributed by atoms with van der Waals surface area (Å²) in [5.74, 6) is 0.178. The summed E-state index contributed by atoms with van der Waals surface area (Å²) in [6.45, 7) is 10.6. The minimum absolute atomic E-state index is 0.0374. The van der Waals surface area contributed by atoms with Gasteiger partial charge in [0.2, 0.25) is 0 Å². The Morgan fingerprint density at radius 1 is 1.38 bits per heavy atom. The number of carbonyl (C=O) groups excluding carboxylic acids is 1. The van der Waals surface area contributed by atoms with E-state index in [-0.39, 0.29) is 11.7 Å². The van der Waals surface area contributed by atoms with Crippen molar-refractivity contribution in [1.29, 1.82) is 0 Å². The van der Waals surface area contributed by atoms with Crippen LogP contribution in [0, 0.1) is 5.92 Å². The molecule has 0 aromatic carbocycles. The van der Waals surface area contributed by atoms with Crippen LogP contribution in [-0.4, -0.2) is 37.0 Å². The molecule has 0 atom stereocenters. The summed E-state index contributed by atoms with van der Waals surface area (Å²) in [5.41, 5.74) is 0.637. The van der Waals surface area contributed by atoms with Gasteiger partial charge < -0.3 is 9.64 Å². The van der Waals surface area contributed by atoms with Crippen molar-refractivity contribution in [3.8, 4) is 0 Å². The molecule has 74 valence electrons. The van der Waals surface area contributed by atoms with Crippen molar-refractivity contribution in [2.75, 3.05) is 26.3 Å². The highest BCUT2D eigenvalue weighted by Crippen LogP contribution is 2.11.